The van der Waals surface area contributed by atoms with E-state index in [0.29, 0.717) is 37.0 Å². The predicted octanol–water partition coefficient (Wildman–Crippen LogP) is 6.69. The van der Waals surface area contributed by atoms with Crippen molar-refractivity contribution >= 4 is 17.5 Å². The van der Waals surface area contributed by atoms with Gasteiger partial charge in [0, 0.05) is 74.6 Å². The van der Waals surface area contributed by atoms with Crippen LogP contribution < -0.4 is 10.2 Å². The van der Waals surface area contributed by atoms with Gasteiger partial charge in [0.2, 0.25) is 5.91 Å². The fourth-order valence-corrected chi connectivity index (χ4v) is 10.0. The molecule has 0 radical (unpaired) electrons. The molecule has 0 aromatic heterocycles. The Morgan fingerprint density at radius 2 is 1.58 bits per heavy atom. The maximum Gasteiger partial charge on any atom is 0.255 e. The van der Waals surface area contributed by atoms with Crippen LogP contribution in [0.5, 0.6) is 5.75 Å². The Bertz CT molecular complexity index is 2060. The number of hydrogen-bond donors (Lipinski definition) is 2. The third kappa shape index (κ3) is 7.42. The highest BCUT2D eigenvalue weighted by molar-refractivity contribution is 6.01. The zero-order chi connectivity index (χ0) is 37.5. The number of phenols is 1. The van der Waals surface area contributed by atoms with Gasteiger partial charge in [-0.3, -0.25) is 9.59 Å². The Labute approximate surface area is 325 Å². The first kappa shape index (κ1) is 35.8. The highest BCUT2D eigenvalue weighted by Crippen LogP contribution is 2.47. The molecule has 1 aliphatic carbocycles. The number of amides is 2. The second-order valence-electron chi connectivity index (χ2n) is 16.6. The van der Waals surface area contributed by atoms with Crippen molar-refractivity contribution < 1.29 is 14.7 Å². The van der Waals surface area contributed by atoms with E-state index in [1.54, 1.807) is 4.90 Å². The lowest BCUT2D eigenvalue weighted by atomic mass is 9.69. The monoisotopic (exact) mass is 735 g/mol. The first-order valence-corrected chi connectivity index (χ1v) is 20.4. The minimum absolute atomic E-state index is 0.0316. The molecule has 4 aliphatic heterocycles. The minimum Gasteiger partial charge on any atom is -0.508 e. The number of piperidine rings is 1. The number of rotatable bonds is 9. The zero-order valence-corrected chi connectivity index (χ0v) is 31.8. The van der Waals surface area contributed by atoms with Crippen molar-refractivity contribution in [2.75, 3.05) is 57.3 Å². The normalized spacial score (nSPS) is 23.6. The molecule has 5 aliphatic rings. The van der Waals surface area contributed by atoms with E-state index in [1.807, 2.05) is 18.2 Å². The lowest BCUT2D eigenvalue weighted by Crippen LogP contribution is -2.52. The first-order chi connectivity index (χ1) is 26.9. The van der Waals surface area contributed by atoms with Gasteiger partial charge in [0.05, 0.1) is 0 Å². The first-order valence-electron chi connectivity index (χ1n) is 20.4. The lowest BCUT2D eigenvalue weighted by Gasteiger charge is -2.43. The molecule has 8 heteroatoms. The average molecular weight is 736 g/mol. The number of aryl methyl sites for hydroxylation is 1. The van der Waals surface area contributed by atoms with Crippen molar-refractivity contribution in [1.82, 2.24) is 20.0 Å². The van der Waals surface area contributed by atoms with Crippen LogP contribution in [0.4, 0.5) is 5.69 Å². The van der Waals surface area contributed by atoms with E-state index in [4.69, 9.17) is 0 Å². The van der Waals surface area contributed by atoms with E-state index in [0.717, 1.165) is 88.4 Å². The summed E-state index contributed by atoms with van der Waals surface area (Å²) < 4.78 is 0. The number of carbonyl (C=O) groups is 2. The van der Waals surface area contributed by atoms with Gasteiger partial charge in [0.25, 0.3) is 5.91 Å². The molecule has 0 saturated carbocycles. The maximum atomic E-state index is 13.2. The molecule has 4 heterocycles. The number of nitrogens with one attached hydrogen (secondary N) is 1. The number of phenolic OH excluding ortho intramolecular Hbond substituents is 1. The van der Waals surface area contributed by atoms with Gasteiger partial charge in [-0.25, -0.2) is 0 Å². The van der Waals surface area contributed by atoms with Crippen molar-refractivity contribution in [3.63, 3.8) is 0 Å². The summed E-state index contributed by atoms with van der Waals surface area (Å²) in [4.78, 5) is 35.3. The number of hydrogen-bond acceptors (Lipinski definition) is 6. The van der Waals surface area contributed by atoms with Crippen LogP contribution in [0.3, 0.4) is 0 Å². The van der Waals surface area contributed by atoms with Crippen molar-refractivity contribution in [2.24, 2.45) is 5.92 Å². The fraction of sp³-hybridized carbons (Fsp3) is 0.404. The summed E-state index contributed by atoms with van der Waals surface area (Å²) >= 11 is 0. The lowest BCUT2D eigenvalue weighted by molar-refractivity contribution is -0.126. The van der Waals surface area contributed by atoms with E-state index in [-0.39, 0.29) is 17.7 Å². The van der Waals surface area contributed by atoms with Gasteiger partial charge in [0.1, 0.15) is 11.8 Å². The molecule has 3 atom stereocenters. The Kier molecular flexibility index (Phi) is 9.96. The molecular weight excluding hydrogens is 683 g/mol. The SMILES string of the molecule is C=C1CC[C@H](N2Cc3cc(CCN4CCCN(CC5CN(c6ccc([C@@H]7c8ccc(O)cc8CC[C@@H]7c7ccccc7)cc6)C5)CC4)ccc3C2=O)C(=O)N1. The molecule has 8 nitrogen and oxygen atoms in total. The van der Waals surface area contributed by atoms with Crippen LogP contribution in [0.1, 0.15) is 81.3 Å². The Morgan fingerprint density at radius 3 is 2.40 bits per heavy atom. The maximum absolute atomic E-state index is 13.2. The average Bonchev–Trinajstić information content (AvgIpc) is 3.33. The van der Waals surface area contributed by atoms with Gasteiger partial charge < -0.3 is 30.0 Å². The van der Waals surface area contributed by atoms with Gasteiger partial charge in [0.15, 0.2) is 0 Å². The largest absolute Gasteiger partial charge is 0.508 e. The van der Waals surface area contributed by atoms with Gasteiger partial charge >= 0.3 is 0 Å². The number of benzene rings is 4. The summed E-state index contributed by atoms with van der Waals surface area (Å²) in [7, 11) is 0. The van der Waals surface area contributed by atoms with Gasteiger partial charge in [-0.05, 0) is 121 Å². The molecule has 3 fully saturated rings. The van der Waals surface area contributed by atoms with Crippen LogP contribution in [0, 0.1) is 5.92 Å². The molecule has 4 aromatic rings. The van der Waals surface area contributed by atoms with Crippen LogP contribution in [-0.2, 0) is 24.2 Å². The quantitative estimate of drug-likeness (QED) is 0.200. The number of fused-ring (bicyclic) bond motifs is 2. The number of carbonyl (C=O) groups excluding carboxylic acids is 2. The topological polar surface area (TPSA) is 79.4 Å². The van der Waals surface area contributed by atoms with E-state index in [2.05, 4.69) is 99.4 Å². The molecule has 9 rings (SSSR count). The Hall–Kier alpha value is -4.92. The smallest absolute Gasteiger partial charge is 0.255 e. The minimum atomic E-state index is -0.416. The third-order valence-electron chi connectivity index (χ3n) is 13.0. The standard InChI is InChI=1S/C47H53N5O3/c1-32-8-19-44(46(54)48-32)52-31-38-26-33(9-16-43(38)47(52)55)20-23-49-21-5-22-50(25-24-49)28-34-29-51(30-34)39-13-10-36(11-14-39)45-41(35-6-3-2-4-7-35)17-12-37-27-40(53)15-18-42(37)45/h2-4,6-7,9-11,13-16,18,26-27,34,41,44-45,53H,1,5,8,12,17,19-25,28-31H2,(H,48,54)/t41-,44+,45+/m1/s1. The van der Waals surface area contributed by atoms with E-state index < -0.39 is 6.04 Å². The summed E-state index contributed by atoms with van der Waals surface area (Å²) in [6.07, 6.45) is 5.57. The molecule has 0 bridgehead atoms. The number of anilines is 1. The van der Waals surface area contributed by atoms with Crippen LogP contribution in [0.2, 0.25) is 0 Å². The summed E-state index contributed by atoms with van der Waals surface area (Å²) in [5.41, 5.74) is 10.5. The second kappa shape index (κ2) is 15.3. The van der Waals surface area contributed by atoms with Crippen LogP contribution >= 0.6 is 0 Å². The highest BCUT2D eigenvalue weighted by atomic mass is 16.3. The van der Waals surface area contributed by atoms with E-state index in [1.165, 1.54) is 39.9 Å². The zero-order valence-electron chi connectivity index (χ0n) is 31.8. The summed E-state index contributed by atoms with van der Waals surface area (Å²) in [6, 6.07) is 32.1. The van der Waals surface area contributed by atoms with Crippen LogP contribution in [0.25, 0.3) is 0 Å². The van der Waals surface area contributed by atoms with E-state index in [9.17, 15) is 14.7 Å². The molecule has 2 N–H and O–H groups in total. The predicted molar refractivity (Wildman–Crippen MR) is 217 cm³/mol. The Balaban J connectivity index is 0.755. The van der Waals surface area contributed by atoms with Crippen LogP contribution in [0.15, 0.2) is 103 Å². The molecule has 0 spiro atoms. The second-order valence-corrected chi connectivity index (χ2v) is 16.6. The third-order valence-corrected chi connectivity index (χ3v) is 13.0. The molecule has 55 heavy (non-hydrogen) atoms. The molecule has 2 amide bonds. The molecule has 4 aromatic carbocycles. The number of allylic oxidation sites excluding steroid dienone is 1. The molecule has 284 valence electrons. The Morgan fingerprint density at radius 1 is 0.782 bits per heavy atom. The summed E-state index contributed by atoms with van der Waals surface area (Å²) in [5, 5.41) is 13.0. The van der Waals surface area contributed by atoms with Crippen molar-refractivity contribution in [2.45, 2.75) is 62.9 Å². The summed E-state index contributed by atoms with van der Waals surface area (Å²) in [6.45, 7) is 13.3. The van der Waals surface area contributed by atoms with Gasteiger partial charge in [-0.1, -0.05) is 67.2 Å². The van der Waals surface area contributed by atoms with Crippen LogP contribution in [-0.4, -0.2) is 90.0 Å². The van der Waals surface area contributed by atoms with Gasteiger partial charge in [-0.2, -0.15) is 0 Å². The molecule has 0 unspecified atom stereocenters. The summed E-state index contributed by atoms with van der Waals surface area (Å²) in [5.74, 6) is 1.59. The van der Waals surface area contributed by atoms with Gasteiger partial charge in [-0.15, -0.1) is 0 Å². The number of aromatic hydroxyl groups is 1. The molecule has 3 saturated heterocycles. The highest BCUT2D eigenvalue weighted by Gasteiger charge is 2.38. The number of nitrogens with zero attached hydrogens (tertiary/aromatic N) is 4. The van der Waals surface area contributed by atoms with Crippen molar-refractivity contribution in [3.05, 3.63) is 142 Å². The fourth-order valence-electron chi connectivity index (χ4n) is 10.0. The van der Waals surface area contributed by atoms with Crippen molar-refractivity contribution in [1.29, 1.82) is 0 Å². The van der Waals surface area contributed by atoms with Crippen molar-refractivity contribution in [3.8, 4) is 5.75 Å². The van der Waals surface area contributed by atoms with E-state index >= 15 is 0 Å². The molecular formula is C47H53N5O3.